The third-order valence-electron chi connectivity index (χ3n) is 4.60. The van der Waals surface area contributed by atoms with E-state index in [9.17, 15) is 19.2 Å². The summed E-state index contributed by atoms with van der Waals surface area (Å²) >= 11 is 0. The Balaban J connectivity index is 2.34. The number of hydrogen-bond donors (Lipinski definition) is 0. The molecule has 2 rings (SSSR count). The number of nitrogens with zero attached hydrogens (tertiary/aromatic N) is 2. The molecule has 10 nitrogen and oxygen atoms in total. The van der Waals surface area contributed by atoms with E-state index in [1.807, 2.05) is 20.8 Å². The Labute approximate surface area is 180 Å². The quantitative estimate of drug-likeness (QED) is 0.376. The third kappa shape index (κ3) is 6.88. The Hall–Kier alpha value is -2.75. The average Bonchev–Trinajstić information content (AvgIpc) is 3.04. The second-order valence-electron chi connectivity index (χ2n) is 7.22. The van der Waals surface area contributed by atoms with Crippen molar-refractivity contribution in [1.29, 1.82) is 0 Å². The van der Waals surface area contributed by atoms with Crippen molar-refractivity contribution in [3.8, 4) is 0 Å². The SMILES string of the molecule is CCCC(=O)OC[C@H]1O[C@@H](n2cccnc2=O)C(OC(=O)CCC)[C@H]1OC(=O)CCC. The largest absolute Gasteiger partial charge is 0.463 e. The van der Waals surface area contributed by atoms with Crippen molar-refractivity contribution in [3.63, 3.8) is 0 Å². The first-order valence-corrected chi connectivity index (χ1v) is 10.6. The van der Waals surface area contributed by atoms with Gasteiger partial charge in [-0.05, 0) is 25.3 Å². The van der Waals surface area contributed by atoms with Gasteiger partial charge in [0.1, 0.15) is 12.7 Å². The van der Waals surface area contributed by atoms with Crippen LogP contribution >= 0.6 is 0 Å². The van der Waals surface area contributed by atoms with E-state index in [4.69, 9.17) is 18.9 Å². The van der Waals surface area contributed by atoms with Crippen molar-refractivity contribution in [1.82, 2.24) is 9.55 Å². The number of hydrogen-bond acceptors (Lipinski definition) is 9. The molecule has 0 bridgehead atoms. The first-order chi connectivity index (χ1) is 14.9. The molecule has 1 aliphatic rings. The highest BCUT2D eigenvalue weighted by Gasteiger charge is 2.51. The summed E-state index contributed by atoms with van der Waals surface area (Å²) < 4.78 is 23.5. The molecule has 1 saturated heterocycles. The molecule has 0 radical (unpaired) electrons. The fraction of sp³-hybridized carbons (Fsp3) is 0.667. The average molecular weight is 438 g/mol. The zero-order valence-corrected chi connectivity index (χ0v) is 18.2. The Morgan fingerprint density at radius 3 is 2.13 bits per heavy atom. The van der Waals surface area contributed by atoms with E-state index in [-0.39, 0.29) is 25.9 Å². The number of carbonyl (C=O) groups is 3. The van der Waals surface area contributed by atoms with Crippen molar-refractivity contribution in [2.45, 2.75) is 83.8 Å². The standard InChI is InChI=1S/C21H30N2O8/c1-4-8-15(24)28-13-14-18(30-16(25)9-5-2)19(31-17(26)10-6-3)20(29-14)23-12-7-11-22-21(23)27/h7,11-12,14,18-20H,4-6,8-10,13H2,1-3H3/t14-,18+,19?,20-/m1/s1. The van der Waals surface area contributed by atoms with E-state index in [0.717, 1.165) is 0 Å². The summed E-state index contributed by atoms with van der Waals surface area (Å²) in [5.41, 5.74) is -0.619. The van der Waals surface area contributed by atoms with Gasteiger partial charge in [0, 0.05) is 31.7 Å². The van der Waals surface area contributed by atoms with Crippen LogP contribution in [-0.4, -0.2) is 52.4 Å². The van der Waals surface area contributed by atoms with E-state index in [2.05, 4.69) is 4.98 Å². The van der Waals surface area contributed by atoms with Crippen molar-refractivity contribution < 1.29 is 33.3 Å². The van der Waals surface area contributed by atoms with E-state index in [1.165, 1.54) is 23.0 Å². The molecule has 1 aliphatic heterocycles. The molecule has 0 saturated carbocycles. The van der Waals surface area contributed by atoms with Crippen LogP contribution in [0, 0.1) is 0 Å². The predicted octanol–water partition coefficient (Wildman–Crippen LogP) is 1.91. The summed E-state index contributed by atoms with van der Waals surface area (Å²) in [5, 5.41) is 0. The minimum atomic E-state index is -1.10. The van der Waals surface area contributed by atoms with Gasteiger partial charge in [-0.2, -0.15) is 0 Å². The molecule has 1 unspecified atom stereocenters. The van der Waals surface area contributed by atoms with Gasteiger partial charge in [0.2, 0.25) is 0 Å². The van der Waals surface area contributed by atoms with Gasteiger partial charge in [-0.1, -0.05) is 20.8 Å². The van der Waals surface area contributed by atoms with E-state index < -0.39 is 48.1 Å². The van der Waals surface area contributed by atoms with E-state index in [0.29, 0.717) is 19.3 Å². The van der Waals surface area contributed by atoms with Gasteiger partial charge in [-0.3, -0.25) is 19.0 Å². The Kier molecular flexibility index (Phi) is 9.64. The minimum absolute atomic E-state index is 0.150. The van der Waals surface area contributed by atoms with Gasteiger partial charge in [0.15, 0.2) is 18.4 Å². The summed E-state index contributed by atoms with van der Waals surface area (Å²) in [6.45, 7) is 5.28. The van der Waals surface area contributed by atoms with Crippen LogP contribution in [0.25, 0.3) is 0 Å². The van der Waals surface area contributed by atoms with Crippen LogP contribution in [0.5, 0.6) is 0 Å². The van der Waals surface area contributed by atoms with Gasteiger partial charge in [-0.25, -0.2) is 9.78 Å². The molecule has 172 valence electrons. The van der Waals surface area contributed by atoms with Gasteiger partial charge in [0.25, 0.3) is 0 Å². The Morgan fingerprint density at radius 1 is 0.968 bits per heavy atom. The minimum Gasteiger partial charge on any atom is -0.463 e. The highest BCUT2D eigenvalue weighted by atomic mass is 16.7. The highest BCUT2D eigenvalue weighted by molar-refractivity contribution is 5.71. The van der Waals surface area contributed by atoms with Crippen molar-refractivity contribution >= 4 is 17.9 Å². The molecule has 1 aromatic rings. The number of rotatable bonds is 11. The predicted molar refractivity (Wildman–Crippen MR) is 108 cm³/mol. The van der Waals surface area contributed by atoms with Crippen LogP contribution in [0.1, 0.15) is 65.5 Å². The molecule has 31 heavy (non-hydrogen) atoms. The monoisotopic (exact) mass is 438 g/mol. The van der Waals surface area contributed by atoms with Crippen LogP contribution in [0.3, 0.4) is 0 Å². The van der Waals surface area contributed by atoms with Crippen LogP contribution < -0.4 is 5.69 Å². The Bertz CT molecular complexity index is 809. The molecule has 4 atom stereocenters. The molecule has 0 aromatic carbocycles. The zero-order valence-electron chi connectivity index (χ0n) is 18.2. The number of carbonyl (C=O) groups excluding carboxylic acids is 3. The van der Waals surface area contributed by atoms with Crippen LogP contribution in [0.2, 0.25) is 0 Å². The summed E-state index contributed by atoms with van der Waals surface area (Å²) in [6, 6.07) is 1.53. The molecular weight excluding hydrogens is 408 g/mol. The fourth-order valence-electron chi connectivity index (χ4n) is 3.18. The third-order valence-corrected chi connectivity index (χ3v) is 4.60. The molecule has 1 aromatic heterocycles. The molecule has 0 spiro atoms. The number of ether oxygens (including phenoxy) is 4. The lowest BCUT2D eigenvalue weighted by Gasteiger charge is -2.24. The van der Waals surface area contributed by atoms with E-state index >= 15 is 0 Å². The number of esters is 3. The maximum atomic E-state index is 12.3. The maximum Gasteiger partial charge on any atom is 0.349 e. The molecule has 1 fully saturated rings. The topological polar surface area (TPSA) is 123 Å². The normalized spacial score (nSPS) is 22.7. The summed E-state index contributed by atoms with van der Waals surface area (Å²) in [4.78, 5) is 52.4. The van der Waals surface area contributed by atoms with Crippen LogP contribution in [0.4, 0.5) is 0 Å². The molecule has 0 amide bonds. The fourth-order valence-corrected chi connectivity index (χ4v) is 3.18. The second-order valence-corrected chi connectivity index (χ2v) is 7.22. The van der Waals surface area contributed by atoms with Gasteiger partial charge >= 0.3 is 23.6 Å². The molecule has 2 heterocycles. The first kappa shape index (κ1) is 24.5. The van der Waals surface area contributed by atoms with E-state index in [1.54, 1.807) is 0 Å². The first-order valence-electron chi connectivity index (χ1n) is 10.6. The van der Waals surface area contributed by atoms with Crippen LogP contribution in [0.15, 0.2) is 23.3 Å². The lowest BCUT2D eigenvalue weighted by Crippen LogP contribution is -2.42. The molecule has 0 N–H and O–H groups in total. The smallest absolute Gasteiger partial charge is 0.349 e. The number of aromatic nitrogens is 2. The molecule has 10 heteroatoms. The van der Waals surface area contributed by atoms with Crippen LogP contribution in [-0.2, 0) is 33.3 Å². The summed E-state index contributed by atoms with van der Waals surface area (Å²) in [6.07, 6.45) is 0.889. The van der Waals surface area contributed by atoms with Crippen molar-refractivity contribution in [3.05, 3.63) is 28.9 Å². The molecule has 0 aliphatic carbocycles. The van der Waals surface area contributed by atoms with Gasteiger partial charge in [-0.15, -0.1) is 0 Å². The Morgan fingerprint density at radius 2 is 1.55 bits per heavy atom. The second kappa shape index (κ2) is 12.2. The van der Waals surface area contributed by atoms with Crippen molar-refractivity contribution in [2.24, 2.45) is 0 Å². The summed E-state index contributed by atoms with van der Waals surface area (Å²) in [7, 11) is 0. The summed E-state index contributed by atoms with van der Waals surface area (Å²) in [5.74, 6) is -1.44. The zero-order chi connectivity index (χ0) is 22.8. The molecular formula is C21H30N2O8. The highest BCUT2D eigenvalue weighted by Crippen LogP contribution is 2.34. The maximum absolute atomic E-state index is 12.3. The lowest BCUT2D eigenvalue weighted by atomic mass is 10.1. The van der Waals surface area contributed by atoms with Gasteiger partial charge in [0.05, 0.1) is 0 Å². The lowest BCUT2D eigenvalue weighted by molar-refractivity contribution is -0.169. The van der Waals surface area contributed by atoms with Gasteiger partial charge < -0.3 is 18.9 Å². The van der Waals surface area contributed by atoms with Crippen molar-refractivity contribution in [2.75, 3.05) is 6.61 Å².